The standard InChI is InChI=1S/C22H19N2/c1-16-7-8-20(14-21(16)22-15-23-11-12-24(22)2)19-10-9-17-5-3-4-6-18(17)13-19/h3-15H,1-2H3/q+1. The summed E-state index contributed by atoms with van der Waals surface area (Å²) in [5.74, 6) is 0. The summed E-state index contributed by atoms with van der Waals surface area (Å²) in [6.45, 7) is 2.15. The SMILES string of the molecule is Cc1ccc(-c2ccc3ccccc3c2)cc1-c1cncc[n+]1C. The lowest BCUT2D eigenvalue weighted by Gasteiger charge is -2.09. The van der Waals surface area contributed by atoms with E-state index in [2.05, 4.69) is 84.2 Å². The van der Waals surface area contributed by atoms with Crippen molar-refractivity contribution < 1.29 is 4.57 Å². The lowest BCUT2D eigenvalue weighted by Crippen LogP contribution is -2.30. The molecule has 4 rings (SSSR count). The molecule has 0 saturated carbocycles. The van der Waals surface area contributed by atoms with Crippen LogP contribution in [0.2, 0.25) is 0 Å². The van der Waals surface area contributed by atoms with Crippen LogP contribution in [-0.2, 0) is 7.05 Å². The van der Waals surface area contributed by atoms with Gasteiger partial charge in [0.2, 0.25) is 5.69 Å². The predicted octanol–water partition coefficient (Wildman–Crippen LogP) is 4.70. The van der Waals surface area contributed by atoms with E-state index in [1.165, 1.54) is 33.0 Å². The highest BCUT2D eigenvalue weighted by Gasteiger charge is 2.13. The molecule has 0 aliphatic rings. The van der Waals surface area contributed by atoms with E-state index in [9.17, 15) is 0 Å². The van der Waals surface area contributed by atoms with Crippen LogP contribution in [0.1, 0.15) is 5.56 Å². The minimum Gasteiger partial charge on any atom is -0.252 e. The van der Waals surface area contributed by atoms with E-state index in [1.807, 2.05) is 18.6 Å². The summed E-state index contributed by atoms with van der Waals surface area (Å²) in [5.41, 5.74) is 6.06. The number of fused-ring (bicyclic) bond motifs is 1. The molecule has 24 heavy (non-hydrogen) atoms. The van der Waals surface area contributed by atoms with E-state index >= 15 is 0 Å². The van der Waals surface area contributed by atoms with Gasteiger partial charge in [-0.2, -0.15) is 4.57 Å². The fraction of sp³-hybridized carbons (Fsp3) is 0.0909. The molecule has 0 aliphatic carbocycles. The van der Waals surface area contributed by atoms with E-state index in [4.69, 9.17) is 0 Å². The van der Waals surface area contributed by atoms with E-state index in [1.54, 1.807) is 0 Å². The van der Waals surface area contributed by atoms with Crippen LogP contribution >= 0.6 is 0 Å². The summed E-state index contributed by atoms with van der Waals surface area (Å²) in [4.78, 5) is 4.29. The summed E-state index contributed by atoms with van der Waals surface area (Å²) < 4.78 is 2.11. The van der Waals surface area contributed by atoms with Crippen molar-refractivity contribution >= 4 is 10.8 Å². The van der Waals surface area contributed by atoms with Gasteiger partial charge in [-0.25, -0.2) is 0 Å². The van der Waals surface area contributed by atoms with Crippen molar-refractivity contribution in [3.63, 3.8) is 0 Å². The van der Waals surface area contributed by atoms with E-state index in [0.29, 0.717) is 0 Å². The monoisotopic (exact) mass is 311 g/mol. The summed E-state index contributed by atoms with van der Waals surface area (Å²) in [7, 11) is 2.05. The molecule has 0 spiro atoms. The van der Waals surface area contributed by atoms with Gasteiger partial charge in [-0.15, -0.1) is 0 Å². The average Bonchev–Trinajstić information content (AvgIpc) is 2.62. The fourth-order valence-corrected chi connectivity index (χ4v) is 3.13. The molecule has 4 aromatic rings. The Labute approximate surface area is 142 Å². The van der Waals surface area contributed by atoms with Crippen molar-refractivity contribution in [3.05, 3.63) is 84.8 Å². The van der Waals surface area contributed by atoms with Crippen molar-refractivity contribution in [1.29, 1.82) is 0 Å². The van der Waals surface area contributed by atoms with Gasteiger partial charge in [0, 0.05) is 0 Å². The number of rotatable bonds is 2. The first kappa shape index (κ1) is 14.6. The van der Waals surface area contributed by atoms with Gasteiger partial charge < -0.3 is 0 Å². The lowest BCUT2D eigenvalue weighted by atomic mass is 9.96. The maximum absolute atomic E-state index is 4.29. The first-order valence-corrected chi connectivity index (χ1v) is 8.12. The van der Waals surface area contributed by atoms with Gasteiger partial charge in [0.1, 0.15) is 7.05 Å². The van der Waals surface area contributed by atoms with Crippen LogP contribution < -0.4 is 4.57 Å². The Hall–Kier alpha value is -3.00. The van der Waals surface area contributed by atoms with Crippen molar-refractivity contribution in [2.24, 2.45) is 7.05 Å². The third kappa shape index (κ3) is 2.56. The number of benzene rings is 3. The molecule has 0 atom stereocenters. The second-order valence-electron chi connectivity index (χ2n) is 6.16. The van der Waals surface area contributed by atoms with Gasteiger partial charge >= 0.3 is 0 Å². The first-order chi connectivity index (χ1) is 11.7. The third-order valence-electron chi connectivity index (χ3n) is 4.55. The molecule has 0 unspecified atom stereocenters. The molecule has 0 saturated heterocycles. The van der Waals surface area contributed by atoms with Gasteiger partial charge in [0.15, 0.2) is 6.20 Å². The van der Waals surface area contributed by atoms with Crippen LogP contribution in [0.3, 0.4) is 0 Å². The quantitative estimate of drug-likeness (QED) is 0.490. The Bertz CT molecular complexity index is 1030. The predicted molar refractivity (Wildman–Crippen MR) is 98.5 cm³/mol. The van der Waals surface area contributed by atoms with Crippen molar-refractivity contribution in [2.75, 3.05) is 0 Å². The Balaban J connectivity index is 1.87. The van der Waals surface area contributed by atoms with E-state index in [0.717, 1.165) is 5.69 Å². The van der Waals surface area contributed by atoms with Gasteiger partial charge in [-0.1, -0.05) is 48.5 Å². The second kappa shape index (κ2) is 5.89. The Kier molecular flexibility index (Phi) is 3.58. The van der Waals surface area contributed by atoms with Crippen molar-refractivity contribution in [1.82, 2.24) is 4.98 Å². The van der Waals surface area contributed by atoms with Crippen molar-refractivity contribution in [2.45, 2.75) is 6.92 Å². The number of hydrogen-bond donors (Lipinski definition) is 0. The molecular weight excluding hydrogens is 292 g/mol. The normalized spacial score (nSPS) is 10.9. The van der Waals surface area contributed by atoms with Crippen LogP contribution in [0, 0.1) is 6.92 Å². The molecule has 3 aromatic carbocycles. The molecule has 2 heteroatoms. The Morgan fingerprint density at radius 3 is 2.42 bits per heavy atom. The fourth-order valence-electron chi connectivity index (χ4n) is 3.13. The first-order valence-electron chi connectivity index (χ1n) is 8.12. The number of nitrogens with zero attached hydrogens (tertiary/aromatic N) is 2. The maximum Gasteiger partial charge on any atom is 0.231 e. The minimum absolute atomic E-state index is 1.12. The zero-order valence-corrected chi connectivity index (χ0v) is 13.9. The Morgan fingerprint density at radius 2 is 1.58 bits per heavy atom. The number of hydrogen-bond acceptors (Lipinski definition) is 1. The average molecular weight is 311 g/mol. The molecule has 0 bridgehead atoms. The summed E-state index contributed by atoms with van der Waals surface area (Å²) in [6.07, 6.45) is 5.72. The highest BCUT2D eigenvalue weighted by Crippen LogP contribution is 2.29. The third-order valence-corrected chi connectivity index (χ3v) is 4.55. The molecule has 0 N–H and O–H groups in total. The molecule has 116 valence electrons. The maximum atomic E-state index is 4.29. The van der Waals surface area contributed by atoms with Gasteiger partial charge in [-0.05, 0) is 46.5 Å². The highest BCUT2D eigenvalue weighted by atomic mass is 14.9. The molecule has 0 amide bonds. The summed E-state index contributed by atoms with van der Waals surface area (Å²) in [5, 5.41) is 2.54. The highest BCUT2D eigenvalue weighted by molar-refractivity contribution is 5.87. The van der Waals surface area contributed by atoms with Crippen LogP contribution in [0.25, 0.3) is 33.2 Å². The molecule has 0 aliphatic heterocycles. The zero-order valence-electron chi connectivity index (χ0n) is 13.9. The summed E-state index contributed by atoms with van der Waals surface area (Å²) >= 11 is 0. The Morgan fingerprint density at radius 1 is 0.833 bits per heavy atom. The molecule has 2 nitrogen and oxygen atoms in total. The topological polar surface area (TPSA) is 16.8 Å². The second-order valence-corrected chi connectivity index (χ2v) is 6.16. The van der Waals surface area contributed by atoms with E-state index in [-0.39, 0.29) is 0 Å². The number of aryl methyl sites for hydroxylation is 2. The molecule has 1 aromatic heterocycles. The largest absolute Gasteiger partial charge is 0.252 e. The van der Waals surface area contributed by atoms with Gasteiger partial charge in [0.05, 0.1) is 18.0 Å². The zero-order chi connectivity index (χ0) is 16.5. The van der Waals surface area contributed by atoms with Crippen LogP contribution in [0.4, 0.5) is 0 Å². The van der Waals surface area contributed by atoms with Crippen molar-refractivity contribution in [3.8, 4) is 22.4 Å². The smallest absolute Gasteiger partial charge is 0.231 e. The molecule has 0 radical (unpaired) electrons. The van der Waals surface area contributed by atoms with Crippen LogP contribution in [-0.4, -0.2) is 4.98 Å². The molecular formula is C22H19N2+. The van der Waals surface area contributed by atoms with E-state index < -0.39 is 0 Å². The minimum atomic E-state index is 1.12. The summed E-state index contributed by atoms with van der Waals surface area (Å²) in [6, 6.07) is 21.8. The molecule has 0 fully saturated rings. The van der Waals surface area contributed by atoms with Crippen LogP contribution in [0.15, 0.2) is 79.3 Å². The van der Waals surface area contributed by atoms with Crippen LogP contribution in [0.5, 0.6) is 0 Å². The van der Waals surface area contributed by atoms with Gasteiger partial charge in [-0.3, -0.25) is 4.98 Å². The lowest BCUT2D eigenvalue weighted by molar-refractivity contribution is -0.660. The molecule has 1 heterocycles. The number of aromatic nitrogens is 2. The van der Waals surface area contributed by atoms with Gasteiger partial charge in [0.25, 0.3) is 0 Å².